The number of hydrogen-bond donors (Lipinski definition) is 3. The van der Waals surface area contributed by atoms with Crippen LogP contribution in [0.5, 0.6) is 0 Å². The third kappa shape index (κ3) is 4.36. The topological polar surface area (TPSA) is 91.2 Å². The lowest BCUT2D eigenvalue weighted by Gasteiger charge is -2.12. The molecule has 0 aliphatic carbocycles. The molecule has 3 N–H and O–H groups in total. The van der Waals surface area contributed by atoms with Crippen LogP contribution < -0.4 is 5.32 Å². The zero-order valence-electron chi connectivity index (χ0n) is 16.3. The fourth-order valence-electron chi connectivity index (χ4n) is 3.09. The molecule has 0 amide bonds. The molecule has 6 nitrogen and oxygen atoms in total. The highest BCUT2D eigenvalue weighted by atomic mass is 19.4. The summed E-state index contributed by atoms with van der Waals surface area (Å²) in [6.45, 7) is -0.559. The number of aliphatic hydroxyl groups is 2. The van der Waals surface area contributed by atoms with Crippen LogP contribution in [0.3, 0.4) is 0 Å². The van der Waals surface area contributed by atoms with Crippen molar-refractivity contribution in [2.24, 2.45) is 0 Å². The fourth-order valence-corrected chi connectivity index (χ4v) is 3.09. The molecular formula is C22H16F4N4O2. The van der Waals surface area contributed by atoms with Gasteiger partial charge in [0, 0.05) is 29.0 Å². The Balaban J connectivity index is 1.64. The van der Waals surface area contributed by atoms with Gasteiger partial charge in [-0.05, 0) is 48.5 Å². The van der Waals surface area contributed by atoms with Gasteiger partial charge in [0.1, 0.15) is 17.6 Å². The number of halogens is 4. The Morgan fingerprint density at radius 2 is 1.75 bits per heavy atom. The summed E-state index contributed by atoms with van der Waals surface area (Å²) < 4.78 is 52.7. The van der Waals surface area contributed by atoms with Gasteiger partial charge in [-0.2, -0.15) is 13.2 Å². The second-order valence-electron chi connectivity index (χ2n) is 6.92. The molecule has 4 rings (SSSR count). The standard InChI is InChI=1S/C22H16F4N4O2/c23-16-9-12(19(32)11-31)10-28-20(16)18-6-5-15-17(30-18)7-8-27-21(15)29-14-3-1-13(2-4-14)22(24,25)26/h1-10,19,31-32H,11H2,(H,27,29)/t19-/m1/s1. The molecule has 3 heterocycles. The molecule has 10 heteroatoms. The molecule has 0 unspecified atom stereocenters. The maximum absolute atomic E-state index is 14.5. The number of pyridine rings is 3. The van der Waals surface area contributed by atoms with Gasteiger partial charge in [-0.15, -0.1) is 0 Å². The normalized spacial score (nSPS) is 12.7. The van der Waals surface area contributed by atoms with Crippen molar-refractivity contribution >= 4 is 22.4 Å². The third-order valence-electron chi connectivity index (χ3n) is 4.75. The van der Waals surface area contributed by atoms with Crippen molar-refractivity contribution in [1.29, 1.82) is 0 Å². The second kappa shape index (κ2) is 8.48. The Kier molecular flexibility index (Phi) is 5.72. The van der Waals surface area contributed by atoms with Gasteiger partial charge < -0.3 is 15.5 Å². The average Bonchev–Trinajstić information content (AvgIpc) is 2.78. The number of aromatic nitrogens is 3. The summed E-state index contributed by atoms with van der Waals surface area (Å²) in [5.74, 6) is -0.338. The van der Waals surface area contributed by atoms with Gasteiger partial charge in [0.2, 0.25) is 0 Å². The van der Waals surface area contributed by atoms with Crippen LogP contribution in [0.2, 0.25) is 0 Å². The highest BCUT2D eigenvalue weighted by Gasteiger charge is 2.30. The number of alkyl halides is 3. The molecule has 0 aliphatic heterocycles. The first kappa shape index (κ1) is 21.6. The highest BCUT2D eigenvalue weighted by molar-refractivity contribution is 5.92. The van der Waals surface area contributed by atoms with E-state index in [-0.39, 0.29) is 17.0 Å². The monoisotopic (exact) mass is 444 g/mol. The minimum atomic E-state index is -4.42. The summed E-state index contributed by atoms with van der Waals surface area (Å²) in [6.07, 6.45) is -2.93. The molecular weight excluding hydrogens is 428 g/mol. The quantitative estimate of drug-likeness (QED) is 0.389. The molecule has 0 radical (unpaired) electrons. The van der Waals surface area contributed by atoms with Crippen molar-refractivity contribution in [1.82, 2.24) is 15.0 Å². The van der Waals surface area contributed by atoms with E-state index >= 15 is 0 Å². The zero-order valence-corrected chi connectivity index (χ0v) is 16.3. The first-order valence-corrected chi connectivity index (χ1v) is 9.41. The van der Waals surface area contributed by atoms with Crippen LogP contribution in [-0.2, 0) is 6.18 Å². The van der Waals surface area contributed by atoms with Gasteiger partial charge in [-0.25, -0.2) is 14.4 Å². The van der Waals surface area contributed by atoms with E-state index in [0.29, 0.717) is 22.4 Å². The summed E-state index contributed by atoms with van der Waals surface area (Å²) in [6, 6.07) is 10.4. The number of fused-ring (bicyclic) bond motifs is 1. The maximum atomic E-state index is 14.5. The van der Waals surface area contributed by atoms with E-state index in [2.05, 4.69) is 20.3 Å². The molecule has 0 saturated heterocycles. The summed E-state index contributed by atoms with van der Waals surface area (Å²) in [4.78, 5) is 12.6. The van der Waals surface area contributed by atoms with E-state index < -0.39 is 30.3 Å². The van der Waals surface area contributed by atoms with Gasteiger partial charge in [0.25, 0.3) is 0 Å². The van der Waals surface area contributed by atoms with Crippen molar-refractivity contribution < 1.29 is 27.8 Å². The number of benzene rings is 1. The largest absolute Gasteiger partial charge is 0.416 e. The lowest BCUT2D eigenvalue weighted by Crippen LogP contribution is -2.05. The summed E-state index contributed by atoms with van der Waals surface area (Å²) in [5.41, 5.74) is 0.469. The highest BCUT2D eigenvalue weighted by Crippen LogP contribution is 2.31. The summed E-state index contributed by atoms with van der Waals surface area (Å²) in [5, 5.41) is 22.1. The van der Waals surface area contributed by atoms with Crippen molar-refractivity contribution in [3.63, 3.8) is 0 Å². The number of nitrogens with zero attached hydrogens (tertiary/aromatic N) is 3. The molecule has 0 aliphatic rings. The first-order chi connectivity index (χ1) is 15.3. The van der Waals surface area contributed by atoms with E-state index in [1.54, 1.807) is 12.1 Å². The van der Waals surface area contributed by atoms with Crippen LogP contribution in [0, 0.1) is 5.82 Å². The van der Waals surface area contributed by atoms with Gasteiger partial charge >= 0.3 is 6.18 Å². The SMILES string of the molecule is OC[C@@H](O)c1cnc(-c2ccc3c(Nc4ccc(C(F)(F)F)cc4)nccc3n2)c(F)c1. The van der Waals surface area contributed by atoms with Crippen molar-refractivity contribution in [3.8, 4) is 11.4 Å². The third-order valence-corrected chi connectivity index (χ3v) is 4.75. The van der Waals surface area contributed by atoms with Gasteiger partial charge in [-0.3, -0.25) is 4.98 Å². The van der Waals surface area contributed by atoms with Crippen molar-refractivity contribution in [2.45, 2.75) is 12.3 Å². The summed E-state index contributed by atoms with van der Waals surface area (Å²) in [7, 11) is 0. The van der Waals surface area contributed by atoms with E-state index in [1.807, 2.05) is 0 Å². The van der Waals surface area contributed by atoms with Crippen LogP contribution in [0.15, 0.2) is 60.9 Å². The van der Waals surface area contributed by atoms with Crippen LogP contribution in [-0.4, -0.2) is 31.8 Å². The minimum absolute atomic E-state index is 0.0325. The van der Waals surface area contributed by atoms with Crippen molar-refractivity contribution in [2.75, 3.05) is 11.9 Å². The molecule has 4 aromatic rings. The average molecular weight is 444 g/mol. The smallest absolute Gasteiger partial charge is 0.393 e. The minimum Gasteiger partial charge on any atom is -0.393 e. The van der Waals surface area contributed by atoms with E-state index in [0.717, 1.165) is 18.2 Å². The molecule has 3 aromatic heterocycles. The number of aliphatic hydroxyl groups excluding tert-OH is 2. The molecule has 164 valence electrons. The molecule has 0 fully saturated rings. The number of hydrogen-bond acceptors (Lipinski definition) is 6. The molecule has 1 aromatic carbocycles. The second-order valence-corrected chi connectivity index (χ2v) is 6.92. The van der Waals surface area contributed by atoms with Gasteiger partial charge in [0.05, 0.1) is 23.4 Å². The molecule has 0 saturated carbocycles. The van der Waals surface area contributed by atoms with Crippen LogP contribution in [0.1, 0.15) is 17.2 Å². The Morgan fingerprint density at radius 1 is 1.00 bits per heavy atom. The van der Waals surface area contributed by atoms with E-state index in [4.69, 9.17) is 5.11 Å². The molecule has 0 bridgehead atoms. The van der Waals surface area contributed by atoms with Gasteiger partial charge in [0.15, 0.2) is 5.82 Å². The van der Waals surface area contributed by atoms with Gasteiger partial charge in [-0.1, -0.05) is 0 Å². The van der Waals surface area contributed by atoms with Crippen molar-refractivity contribution in [3.05, 3.63) is 77.9 Å². The Hall–Kier alpha value is -3.63. The number of nitrogens with one attached hydrogen (secondary N) is 1. The fraction of sp³-hybridized carbons (Fsp3) is 0.136. The number of anilines is 2. The summed E-state index contributed by atoms with van der Waals surface area (Å²) >= 11 is 0. The van der Waals surface area contributed by atoms with Crippen LogP contribution in [0.4, 0.5) is 29.1 Å². The lowest BCUT2D eigenvalue weighted by molar-refractivity contribution is -0.137. The Bertz CT molecular complexity index is 1260. The predicted octanol–water partition coefficient (Wildman–Crippen LogP) is 4.62. The molecule has 1 atom stereocenters. The van der Waals surface area contributed by atoms with Crippen LogP contribution >= 0.6 is 0 Å². The number of rotatable bonds is 5. The predicted molar refractivity (Wildman–Crippen MR) is 109 cm³/mol. The van der Waals surface area contributed by atoms with E-state index in [9.17, 15) is 22.7 Å². The molecule has 32 heavy (non-hydrogen) atoms. The molecule has 0 spiro atoms. The maximum Gasteiger partial charge on any atom is 0.416 e. The first-order valence-electron chi connectivity index (χ1n) is 9.41. The van der Waals surface area contributed by atoms with Crippen LogP contribution in [0.25, 0.3) is 22.3 Å². The lowest BCUT2D eigenvalue weighted by atomic mass is 10.1. The Morgan fingerprint density at radius 3 is 2.41 bits per heavy atom. The zero-order chi connectivity index (χ0) is 22.9. The Labute approximate surface area is 179 Å². The van der Waals surface area contributed by atoms with E-state index in [1.165, 1.54) is 30.6 Å².